The van der Waals surface area contributed by atoms with Crippen molar-refractivity contribution in [2.45, 2.75) is 37.8 Å². The number of amides is 1. The Hall–Kier alpha value is -3.10. The molecule has 0 unspecified atom stereocenters. The third-order valence-corrected chi connectivity index (χ3v) is 10.5. The first kappa shape index (κ1) is 26.1. The summed E-state index contributed by atoms with van der Waals surface area (Å²) < 4.78 is 7.24. The van der Waals surface area contributed by atoms with Crippen LogP contribution in [0.3, 0.4) is 0 Å². The van der Waals surface area contributed by atoms with Gasteiger partial charge in [-0.3, -0.25) is 9.59 Å². The van der Waals surface area contributed by atoms with Crippen LogP contribution in [0, 0.1) is 0 Å². The quantitative estimate of drug-likeness (QED) is 0.258. The summed E-state index contributed by atoms with van der Waals surface area (Å²) in [5.74, 6) is 0.203. The highest BCUT2D eigenvalue weighted by atomic mass is 32.1. The summed E-state index contributed by atoms with van der Waals surface area (Å²) in [4.78, 5) is 37.2. The zero-order chi connectivity index (χ0) is 26.9. The summed E-state index contributed by atoms with van der Waals surface area (Å²) in [5.41, 5.74) is 12.0. The molecule has 0 aromatic carbocycles. The number of fused-ring (bicyclic) bond motifs is 1. The smallest absolute Gasteiger partial charge is 0.254 e. The zero-order valence-electron chi connectivity index (χ0n) is 21.3. The van der Waals surface area contributed by atoms with Gasteiger partial charge in [-0.2, -0.15) is 4.98 Å². The number of nitrogens with zero attached hydrogens (tertiary/aromatic N) is 3. The van der Waals surface area contributed by atoms with Gasteiger partial charge in [0.1, 0.15) is 17.4 Å². The molecule has 5 heterocycles. The number of carbonyl (C=O) groups is 1. The monoisotopic (exact) mass is 584 g/mol. The van der Waals surface area contributed by atoms with E-state index in [2.05, 4.69) is 31.2 Å². The van der Waals surface area contributed by atoms with Gasteiger partial charge in [0.05, 0.1) is 39.3 Å². The highest BCUT2D eigenvalue weighted by Crippen LogP contribution is 2.42. The second-order valence-electron chi connectivity index (χ2n) is 9.80. The van der Waals surface area contributed by atoms with Crippen LogP contribution in [0.25, 0.3) is 19.8 Å². The van der Waals surface area contributed by atoms with Crippen molar-refractivity contribution >= 4 is 71.8 Å². The maximum Gasteiger partial charge on any atom is 0.254 e. The number of thiophene rings is 2. The lowest BCUT2D eigenvalue weighted by atomic mass is 9.91. The molecule has 204 valence electrons. The molecule has 1 saturated carbocycles. The zero-order valence-corrected chi connectivity index (χ0v) is 23.7. The second kappa shape index (κ2) is 11.2. The van der Waals surface area contributed by atoms with Crippen molar-refractivity contribution in [3.63, 3.8) is 0 Å². The van der Waals surface area contributed by atoms with Crippen LogP contribution in [-0.2, 0) is 4.74 Å². The topological polar surface area (TPSA) is 150 Å². The normalized spacial score (nSPS) is 19.8. The summed E-state index contributed by atoms with van der Waals surface area (Å²) in [6.45, 7) is 2.89. The molecular formula is C26H30N7O3S3+. The number of primary amides is 1. The molecule has 0 radical (unpaired) electrons. The molecule has 2 atom stereocenters. The van der Waals surface area contributed by atoms with E-state index in [-0.39, 0.29) is 23.1 Å². The van der Waals surface area contributed by atoms with Crippen molar-refractivity contribution in [2.75, 3.05) is 41.8 Å². The number of carbonyl (C=O) groups excluding carboxylic acids is 1. The highest BCUT2D eigenvalue weighted by molar-refractivity contribution is 7.29. The third-order valence-electron chi connectivity index (χ3n) is 7.16. The average molecular weight is 585 g/mol. The number of ether oxygens (including phenoxy) is 1. The molecule has 10 nitrogen and oxygen atoms in total. The van der Waals surface area contributed by atoms with E-state index in [1.165, 1.54) is 24.0 Å². The van der Waals surface area contributed by atoms with Crippen molar-refractivity contribution in [3.05, 3.63) is 44.9 Å². The number of morpholine rings is 1. The number of aromatic nitrogens is 2. The second-order valence-corrected chi connectivity index (χ2v) is 12.6. The molecule has 2 fully saturated rings. The Morgan fingerprint density at radius 2 is 1.95 bits per heavy atom. The SMILES string of the molecule is NC(=O)c1cnc(N[C@H]2CCCC[C@H]2[NH3+])nc1Nc1csc(-c2csc3c(=O)cc(N4CCOCC4)sc23)c1. The van der Waals surface area contributed by atoms with E-state index in [1.54, 1.807) is 28.7 Å². The number of hydrogen-bond acceptors (Lipinski definition) is 11. The van der Waals surface area contributed by atoms with Gasteiger partial charge in [0.2, 0.25) is 5.95 Å². The first-order chi connectivity index (χ1) is 19.0. The van der Waals surface area contributed by atoms with Gasteiger partial charge in [-0.1, -0.05) is 6.42 Å². The van der Waals surface area contributed by atoms with Crippen LogP contribution in [-0.4, -0.2) is 54.3 Å². The van der Waals surface area contributed by atoms with Crippen LogP contribution in [0.2, 0.25) is 0 Å². The fourth-order valence-electron chi connectivity index (χ4n) is 5.01. The van der Waals surface area contributed by atoms with Gasteiger partial charge in [0.25, 0.3) is 5.91 Å². The molecule has 1 aliphatic carbocycles. The first-order valence-corrected chi connectivity index (χ1v) is 15.5. The van der Waals surface area contributed by atoms with Crippen LogP contribution < -0.4 is 32.4 Å². The van der Waals surface area contributed by atoms with E-state index >= 15 is 0 Å². The summed E-state index contributed by atoms with van der Waals surface area (Å²) in [7, 11) is 0. The fraction of sp³-hybridized carbons (Fsp3) is 0.385. The van der Waals surface area contributed by atoms with Gasteiger partial charge in [-0.15, -0.1) is 34.0 Å². The van der Waals surface area contributed by atoms with Crippen LogP contribution in [0.1, 0.15) is 36.0 Å². The molecule has 1 amide bonds. The van der Waals surface area contributed by atoms with Crippen molar-refractivity contribution in [3.8, 4) is 10.4 Å². The summed E-state index contributed by atoms with van der Waals surface area (Å²) in [6, 6.07) is 4.24. The van der Waals surface area contributed by atoms with E-state index in [4.69, 9.17) is 10.5 Å². The Balaban J connectivity index is 1.28. The predicted octanol–water partition coefficient (Wildman–Crippen LogP) is 3.49. The third kappa shape index (κ3) is 5.50. The number of quaternary nitrogens is 1. The summed E-state index contributed by atoms with van der Waals surface area (Å²) >= 11 is 4.69. The number of hydrogen-bond donors (Lipinski definition) is 4. The maximum atomic E-state index is 12.9. The largest absolute Gasteiger partial charge is 0.378 e. The summed E-state index contributed by atoms with van der Waals surface area (Å²) in [5, 5.41) is 11.7. The highest BCUT2D eigenvalue weighted by Gasteiger charge is 2.26. The number of nitrogens with two attached hydrogens (primary N) is 1. The first-order valence-electron chi connectivity index (χ1n) is 13.0. The fourth-order valence-corrected chi connectivity index (χ4v) is 8.39. The van der Waals surface area contributed by atoms with E-state index in [1.807, 2.05) is 16.8 Å². The molecule has 6 rings (SSSR count). The minimum absolute atomic E-state index is 0.0472. The Kier molecular flexibility index (Phi) is 7.49. The van der Waals surface area contributed by atoms with Crippen molar-refractivity contribution in [1.29, 1.82) is 0 Å². The number of rotatable bonds is 7. The minimum Gasteiger partial charge on any atom is -0.378 e. The summed E-state index contributed by atoms with van der Waals surface area (Å²) in [6.07, 6.45) is 5.88. The van der Waals surface area contributed by atoms with Gasteiger partial charge < -0.3 is 31.7 Å². The predicted molar refractivity (Wildman–Crippen MR) is 159 cm³/mol. The van der Waals surface area contributed by atoms with Crippen molar-refractivity contribution in [1.82, 2.24) is 9.97 Å². The van der Waals surface area contributed by atoms with Crippen molar-refractivity contribution < 1.29 is 15.3 Å². The molecule has 0 bridgehead atoms. The Morgan fingerprint density at radius 1 is 1.13 bits per heavy atom. The van der Waals surface area contributed by atoms with E-state index < -0.39 is 5.91 Å². The molecule has 0 spiro atoms. The van der Waals surface area contributed by atoms with Gasteiger partial charge in [-0.05, 0) is 18.9 Å². The lowest BCUT2D eigenvalue weighted by molar-refractivity contribution is -0.427. The van der Waals surface area contributed by atoms with Crippen LogP contribution >= 0.6 is 34.0 Å². The lowest BCUT2D eigenvalue weighted by Crippen LogP contribution is -2.68. The maximum absolute atomic E-state index is 12.9. The number of nitrogens with one attached hydrogen (secondary N) is 2. The van der Waals surface area contributed by atoms with Gasteiger partial charge >= 0.3 is 0 Å². The van der Waals surface area contributed by atoms with Crippen LogP contribution in [0.4, 0.5) is 22.5 Å². The van der Waals surface area contributed by atoms with Gasteiger partial charge in [0, 0.05) is 53.0 Å². The molecule has 1 saturated heterocycles. The van der Waals surface area contributed by atoms with Gasteiger partial charge in [0.15, 0.2) is 5.43 Å². The molecule has 7 N–H and O–H groups in total. The van der Waals surface area contributed by atoms with E-state index in [0.717, 1.165) is 62.9 Å². The standard InChI is InChI=1S/C26H29N7O3S3/c27-17-3-1-2-4-18(17)31-26-29-11-15(24(28)35)25(32-26)30-14-9-20(37-12-14)16-13-38-23-19(34)10-21(39-22(16)23)33-5-7-36-8-6-33/h9-13,17-18H,1-8,27H2,(H2,28,35)(H2,29,30,31,32)/p+1/t17-,18+/m1/s1. The van der Waals surface area contributed by atoms with Crippen LogP contribution in [0.15, 0.2) is 33.9 Å². The Labute approximate surface area is 237 Å². The molecule has 13 heteroatoms. The molecule has 4 aromatic rings. The minimum atomic E-state index is -0.601. The van der Waals surface area contributed by atoms with E-state index in [9.17, 15) is 9.59 Å². The average Bonchev–Trinajstić information content (AvgIpc) is 3.58. The van der Waals surface area contributed by atoms with Gasteiger partial charge in [-0.25, -0.2) is 4.98 Å². The Morgan fingerprint density at radius 3 is 2.74 bits per heavy atom. The Bertz CT molecular complexity index is 1560. The molecular weight excluding hydrogens is 555 g/mol. The van der Waals surface area contributed by atoms with Crippen LogP contribution in [0.5, 0.6) is 0 Å². The lowest BCUT2D eigenvalue weighted by Gasteiger charge is -2.28. The molecule has 2 aliphatic rings. The molecule has 39 heavy (non-hydrogen) atoms. The molecule has 1 aliphatic heterocycles. The van der Waals surface area contributed by atoms with E-state index in [0.29, 0.717) is 25.0 Å². The molecule has 4 aromatic heterocycles. The number of anilines is 4. The van der Waals surface area contributed by atoms with Crippen molar-refractivity contribution in [2.24, 2.45) is 5.73 Å².